The number of sulfonamides is 1. The molecule has 0 spiro atoms. The number of piperidine rings is 2. The zero-order valence-electron chi connectivity index (χ0n) is 12.9. The Balaban J connectivity index is 2.01. The first-order valence-electron chi connectivity index (χ1n) is 7.71. The molecule has 2 rings (SSSR count). The molecule has 0 aromatic carbocycles. The fourth-order valence-corrected chi connectivity index (χ4v) is 4.63. The molecular formula is C14H26N2O4S. The summed E-state index contributed by atoms with van der Waals surface area (Å²) < 4.78 is 24.9. The predicted octanol–water partition coefficient (Wildman–Crippen LogP) is 0.843. The minimum absolute atomic E-state index is 0.158. The average Bonchev–Trinajstić information content (AvgIpc) is 2.37. The number of hydrogen-bond donors (Lipinski definition) is 1. The van der Waals surface area contributed by atoms with Crippen LogP contribution in [0.3, 0.4) is 0 Å². The van der Waals surface area contributed by atoms with Crippen molar-refractivity contribution in [3.8, 4) is 0 Å². The number of carboxylic acid groups (broad SMARTS) is 1. The molecule has 2 fully saturated rings. The van der Waals surface area contributed by atoms with Gasteiger partial charge >= 0.3 is 5.97 Å². The summed E-state index contributed by atoms with van der Waals surface area (Å²) in [6.07, 6.45) is 5.06. The van der Waals surface area contributed by atoms with Crippen LogP contribution in [0.25, 0.3) is 0 Å². The number of rotatable bonds is 4. The number of aliphatic carboxylic acids is 1. The number of likely N-dealkylation sites (tertiary alicyclic amines) is 1. The third-order valence-electron chi connectivity index (χ3n) is 4.73. The van der Waals surface area contributed by atoms with Crippen molar-refractivity contribution in [2.75, 3.05) is 32.4 Å². The fraction of sp³-hybridized carbons (Fsp3) is 0.929. The van der Waals surface area contributed by atoms with Gasteiger partial charge in [0.25, 0.3) is 0 Å². The standard InChI is InChI=1S/C14H26N2O4S/c1-11-5-3-7-15(13(11)14(17)18)9-12-6-4-8-16(10-12)21(2,19)20/h11-13H,3-10H2,1-2H3,(H,17,18). The molecule has 2 aliphatic heterocycles. The van der Waals surface area contributed by atoms with E-state index in [1.54, 1.807) is 0 Å². The van der Waals surface area contributed by atoms with Crippen LogP contribution in [0.4, 0.5) is 0 Å². The minimum atomic E-state index is -3.14. The summed E-state index contributed by atoms with van der Waals surface area (Å²) in [4.78, 5) is 13.5. The molecule has 1 N–H and O–H groups in total. The molecule has 0 radical (unpaired) electrons. The molecule has 0 bridgehead atoms. The van der Waals surface area contributed by atoms with E-state index in [0.717, 1.165) is 32.2 Å². The quantitative estimate of drug-likeness (QED) is 0.831. The maximum atomic E-state index is 11.7. The molecule has 0 aromatic heterocycles. The first-order chi connectivity index (χ1) is 9.79. The van der Waals surface area contributed by atoms with Gasteiger partial charge in [-0.2, -0.15) is 0 Å². The lowest BCUT2D eigenvalue weighted by Gasteiger charge is -2.41. The lowest BCUT2D eigenvalue weighted by Crippen LogP contribution is -2.52. The van der Waals surface area contributed by atoms with Gasteiger partial charge < -0.3 is 5.11 Å². The van der Waals surface area contributed by atoms with Gasteiger partial charge in [0.1, 0.15) is 6.04 Å². The highest BCUT2D eigenvalue weighted by Crippen LogP contribution is 2.27. The molecule has 3 unspecified atom stereocenters. The Labute approximate surface area is 127 Å². The molecule has 0 aliphatic carbocycles. The molecule has 2 aliphatic rings. The van der Waals surface area contributed by atoms with Gasteiger partial charge in [-0.25, -0.2) is 12.7 Å². The highest BCUT2D eigenvalue weighted by molar-refractivity contribution is 7.88. The van der Waals surface area contributed by atoms with Crippen LogP contribution in [0, 0.1) is 11.8 Å². The fourth-order valence-electron chi connectivity index (χ4n) is 3.69. The van der Waals surface area contributed by atoms with Crippen molar-refractivity contribution in [3.05, 3.63) is 0 Å². The Kier molecular flexibility index (Phi) is 5.27. The van der Waals surface area contributed by atoms with E-state index in [0.29, 0.717) is 19.6 Å². The van der Waals surface area contributed by atoms with Crippen molar-refractivity contribution < 1.29 is 18.3 Å². The Morgan fingerprint density at radius 3 is 2.52 bits per heavy atom. The van der Waals surface area contributed by atoms with Crippen molar-refractivity contribution in [1.29, 1.82) is 0 Å². The molecule has 7 heteroatoms. The summed E-state index contributed by atoms with van der Waals surface area (Å²) in [5, 5.41) is 9.44. The third-order valence-corrected chi connectivity index (χ3v) is 6.00. The maximum absolute atomic E-state index is 11.7. The van der Waals surface area contributed by atoms with Crippen molar-refractivity contribution in [1.82, 2.24) is 9.21 Å². The molecule has 2 heterocycles. The topological polar surface area (TPSA) is 77.9 Å². The van der Waals surface area contributed by atoms with Gasteiger partial charge in [-0.3, -0.25) is 9.69 Å². The Hall–Kier alpha value is -0.660. The number of carboxylic acids is 1. The Morgan fingerprint density at radius 1 is 1.24 bits per heavy atom. The molecule has 3 atom stereocenters. The molecule has 2 saturated heterocycles. The van der Waals surface area contributed by atoms with Crippen molar-refractivity contribution in [3.63, 3.8) is 0 Å². The first-order valence-corrected chi connectivity index (χ1v) is 9.56. The summed E-state index contributed by atoms with van der Waals surface area (Å²) in [7, 11) is -3.14. The summed E-state index contributed by atoms with van der Waals surface area (Å²) in [6, 6.07) is -0.424. The summed E-state index contributed by atoms with van der Waals surface area (Å²) in [5.74, 6) is -0.357. The highest BCUT2D eigenvalue weighted by atomic mass is 32.2. The van der Waals surface area contributed by atoms with Crippen molar-refractivity contribution in [2.24, 2.45) is 11.8 Å². The zero-order chi connectivity index (χ0) is 15.6. The second kappa shape index (κ2) is 6.62. The van der Waals surface area contributed by atoms with Gasteiger partial charge in [0.15, 0.2) is 0 Å². The second-order valence-electron chi connectivity index (χ2n) is 6.53. The second-order valence-corrected chi connectivity index (χ2v) is 8.51. The van der Waals surface area contributed by atoms with Gasteiger partial charge in [0.2, 0.25) is 10.0 Å². The number of nitrogens with zero attached hydrogens (tertiary/aromatic N) is 2. The van der Waals surface area contributed by atoms with E-state index >= 15 is 0 Å². The van der Waals surface area contributed by atoms with Gasteiger partial charge in [-0.15, -0.1) is 0 Å². The smallest absolute Gasteiger partial charge is 0.321 e. The number of carbonyl (C=O) groups is 1. The monoisotopic (exact) mass is 318 g/mol. The van der Waals surface area contributed by atoms with E-state index in [2.05, 4.69) is 0 Å². The van der Waals surface area contributed by atoms with E-state index in [9.17, 15) is 18.3 Å². The third kappa shape index (κ3) is 4.17. The van der Waals surface area contributed by atoms with E-state index in [1.165, 1.54) is 10.6 Å². The summed E-state index contributed by atoms with van der Waals surface area (Å²) in [6.45, 7) is 4.60. The van der Waals surface area contributed by atoms with Gasteiger partial charge in [-0.1, -0.05) is 6.92 Å². The van der Waals surface area contributed by atoms with Crippen molar-refractivity contribution in [2.45, 2.75) is 38.6 Å². The summed E-state index contributed by atoms with van der Waals surface area (Å²) in [5.41, 5.74) is 0. The van der Waals surface area contributed by atoms with E-state index in [-0.39, 0.29) is 11.8 Å². The largest absolute Gasteiger partial charge is 0.480 e. The molecular weight excluding hydrogens is 292 g/mol. The lowest BCUT2D eigenvalue weighted by molar-refractivity contribution is -0.147. The minimum Gasteiger partial charge on any atom is -0.480 e. The molecule has 6 nitrogen and oxygen atoms in total. The SMILES string of the molecule is CC1CCCN(CC2CCCN(S(C)(=O)=O)C2)C1C(=O)O. The van der Waals surface area contributed by atoms with Gasteiger partial charge in [0.05, 0.1) is 6.26 Å². The molecule has 0 saturated carbocycles. The Morgan fingerprint density at radius 2 is 1.90 bits per heavy atom. The van der Waals surface area contributed by atoms with Crippen molar-refractivity contribution >= 4 is 16.0 Å². The van der Waals surface area contributed by atoms with Crippen LogP contribution in [-0.4, -0.2) is 67.2 Å². The van der Waals surface area contributed by atoms with Gasteiger partial charge in [0, 0.05) is 19.6 Å². The van der Waals surface area contributed by atoms with E-state index in [4.69, 9.17) is 0 Å². The molecule has 122 valence electrons. The average molecular weight is 318 g/mol. The maximum Gasteiger partial charge on any atom is 0.321 e. The van der Waals surface area contributed by atoms with Crippen LogP contribution in [0.5, 0.6) is 0 Å². The van der Waals surface area contributed by atoms with Crippen LogP contribution in [0.2, 0.25) is 0 Å². The van der Waals surface area contributed by atoms with Crippen LogP contribution in [0.1, 0.15) is 32.6 Å². The van der Waals surface area contributed by atoms with E-state index in [1.807, 2.05) is 11.8 Å². The normalized spacial score (nSPS) is 33.0. The molecule has 0 aromatic rings. The summed E-state index contributed by atoms with van der Waals surface area (Å²) >= 11 is 0. The van der Waals surface area contributed by atoms with Gasteiger partial charge in [-0.05, 0) is 44.1 Å². The molecule has 21 heavy (non-hydrogen) atoms. The first kappa shape index (κ1) is 16.7. The highest BCUT2D eigenvalue weighted by Gasteiger charge is 2.36. The van der Waals surface area contributed by atoms with Crippen LogP contribution in [-0.2, 0) is 14.8 Å². The van der Waals surface area contributed by atoms with Crippen LogP contribution in [0.15, 0.2) is 0 Å². The molecule has 0 amide bonds. The van der Waals surface area contributed by atoms with E-state index < -0.39 is 22.0 Å². The predicted molar refractivity (Wildman–Crippen MR) is 80.5 cm³/mol. The Bertz CT molecular complexity index is 479. The lowest BCUT2D eigenvalue weighted by atomic mass is 9.89. The van der Waals surface area contributed by atoms with Crippen LogP contribution >= 0.6 is 0 Å². The van der Waals surface area contributed by atoms with Crippen LogP contribution < -0.4 is 0 Å². The zero-order valence-corrected chi connectivity index (χ0v) is 13.7. The number of hydrogen-bond acceptors (Lipinski definition) is 4.